The van der Waals surface area contributed by atoms with Gasteiger partial charge in [-0.05, 0) is 25.7 Å². The quantitative estimate of drug-likeness (QED) is 0.680. The first-order valence-electron chi connectivity index (χ1n) is 4.47. The molecule has 0 saturated heterocycles. The van der Waals surface area contributed by atoms with E-state index in [0.717, 1.165) is 25.7 Å². The van der Waals surface area contributed by atoms with Gasteiger partial charge < -0.3 is 5.11 Å². The molecule has 0 spiro atoms. The summed E-state index contributed by atoms with van der Waals surface area (Å²) in [5.41, 5.74) is 0. The molecular formula is C9H15ClO2. The summed E-state index contributed by atoms with van der Waals surface area (Å²) in [6.45, 7) is 1.62. The molecule has 70 valence electrons. The lowest BCUT2D eigenvalue weighted by molar-refractivity contribution is -0.141. The number of aliphatic carboxylic acids is 1. The van der Waals surface area contributed by atoms with Crippen molar-refractivity contribution in [3.63, 3.8) is 0 Å². The standard InChI is InChI=1S/C9H15ClO2/c1-9(10,8(11)12)7-5-3-2-4-6-7/h7H,2-6H2,1H3,(H,11,12). The van der Waals surface area contributed by atoms with Gasteiger partial charge in [0, 0.05) is 0 Å². The summed E-state index contributed by atoms with van der Waals surface area (Å²) in [5, 5.41) is 8.86. The first-order valence-corrected chi connectivity index (χ1v) is 4.85. The summed E-state index contributed by atoms with van der Waals surface area (Å²) in [4.78, 5) is 9.75. The first-order chi connectivity index (χ1) is 5.55. The van der Waals surface area contributed by atoms with Crippen molar-refractivity contribution in [1.29, 1.82) is 0 Å². The molecule has 1 saturated carbocycles. The molecule has 12 heavy (non-hydrogen) atoms. The van der Waals surface area contributed by atoms with E-state index in [0.29, 0.717) is 0 Å². The van der Waals surface area contributed by atoms with Gasteiger partial charge in [0.15, 0.2) is 0 Å². The summed E-state index contributed by atoms with van der Waals surface area (Å²) in [5.74, 6) is -0.721. The van der Waals surface area contributed by atoms with E-state index in [4.69, 9.17) is 16.7 Å². The lowest BCUT2D eigenvalue weighted by Gasteiger charge is -2.31. The van der Waals surface area contributed by atoms with E-state index in [1.165, 1.54) is 6.42 Å². The molecule has 1 atom stereocenters. The molecule has 1 rings (SSSR count). The normalized spacial score (nSPS) is 24.8. The first kappa shape index (κ1) is 9.85. The van der Waals surface area contributed by atoms with Crippen LogP contribution in [0.1, 0.15) is 39.0 Å². The predicted octanol–water partition coefficient (Wildman–Crippen LogP) is 2.65. The van der Waals surface area contributed by atoms with Crippen LogP contribution in [0.4, 0.5) is 0 Å². The van der Waals surface area contributed by atoms with E-state index >= 15 is 0 Å². The van der Waals surface area contributed by atoms with Crippen molar-refractivity contribution in [2.75, 3.05) is 0 Å². The van der Waals surface area contributed by atoms with Gasteiger partial charge >= 0.3 is 5.97 Å². The molecule has 3 heteroatoms. The maximum atomic E-state index is 10.8. The second-order valence-corrected chi connectivity index (χ2v) is 4.50. The van der Waals surface area contributed by atoms with E-state index in [1.807, 2.05) is 0 Å². The molecule has 0 aromatic rings. The van der Waals surface area contributed by atoms with Crippen LogP contribution in [0, 0.1) is 5.92 Å². The maximum Gasteiger partial charge on any atom is 0.324 e. The molecule has 0 aromatic carbocycles. The highest BCUT2D eigenvalue weighted by Crippen LogP contribution is 2.36. The number of carbonyl (C=O) groups is 1. The summed E-state index contributed by atoms with van der Waals surface area (Å²) in [6.07, 6.45) is 5.40. The van der Waals surface area contributed by atoms with Crippen LogP contribution in [0.3, 0.4) is 0 Å². The number of carboxylic acid groups (broad SMARTS) is 1. The molecule has 0 heterocycles. The molecular weight excluding hydrogens is 176 g/mol. The highest BCUT2D eigenvalue weighted by atomic mass is 35.5. The minimum atomic E-state index is -1.04. The molecule has 0 bridgehead atoms. The Kier molecular flexibility index (Phi) is 2.99. The van der Waals surface area contributed by atoms with Crippen molar-refractivity contribution in [2.24, 2.45) is 5.92 Å². The van der Waals surface area contributed by atoms with E-state index in [-0.39, 0.29) is 5.92 Å². The number of carboxylic acids is 1. The zero-order chi connectivity index (χ0) is 9.19. The van der Waals surface area contributed by atoms with Crippen molar-refractivity contribution < 1.29 is 9.90 Å². The summed E-state index contributed by atoms with van der Waals surface area (Å²) in [6, 6.07) is 0. The Labute approximate surface area is 77.9 Å². The third kappa shape index (κ3) is 1.92. The monoisotopic (exact) mass is 190 g/mol. The van der Waals surface area contributed by atoms with Gasteiger partial charge in [-0.3, -0.25) is 4.79 Å². The molecule has 1 aliphatic carbocycles. The van der Waals surface area contributed by atoms with Crippen molar-refractivity contribution in [3.8, 4) is 0 Å². The zero-order valence-electron chi connectivity index (χ0n) is 7.35. The molecule has 1 unspecified atom stereocenters. The molecule has 0 amide bonds. The van der Waals surface area contributed by atoms with Gasteiger partial charge in [0.05, 0.1) is 0 Å². The maximum absolute atomic E-state index is 10.8. The van der Waals surface area contributed by atoms with E-state index < -0.39 is 10.8 Å². The van der Waals surface area contributed by atoms with Gasteiger partial charge in [0.1, 0.15) is 4.87 Å². The Hall–Kier alpha value is -0.240. The van der Waals surface area contributed by atoms with Crippen LogP contribution in [-0.2, 0) is 4.79 Å². The molecule has 1 fully saturated rings. The SMILES string of the molecule is CC(Cl)(C(=O)O)C1CCCCC1. The van der Waals surface area contributed by atoms with Crippen molar-refractivity contribution in [1.82, 2.24) is 0 Å². The summed E-state index contributed by atoms with van der Waals surface area (Å²) < 4.78 is 0. The topological polar surface area (TPSA) is 37.3 Å². The van der Waals surface area contributed by atoms with E-state index in [9.17, 15) is 4.79 Å². The average molecular weight is 191 g/mol. The zero-order valence-corrected chi connectivity index (χ0v) is 8.10. The van der Waals surface area contributed by atoms with Crippen LogP contribution >= 0.6 is 11.6 Å². The molecule has 0 aliphatic heterocycles. The number of rotatable bonds is 2. The Morgan fingerprint density at radius 2 is 1.92 bits per heavy atom. The van der Waals surface area contributed by atoms with Crippen LogP contribution in [0.2, 0.25) is 0 Å². The second kappa shape index (κ2) is 3.65. The second-order valence-electron chi connectivity index (χ2n) is 3.72. The molecule has 0 aromatic heterocycles. The number of halogens is 1. The minimum absolute atomic E-state index is 0.158. The fourth-order valence-electron chi connectivity index (χ4n) is 1.82. The van der Waals surface area contributed by atoms with Gasteiger partial charge in [-0.25, -0.2) is 0 Å². The van der Waals surface area contributed by atoms with Crippen molar-refractivity contribution in [2.45, 2.75) is 43.9 Å². The van der Waals surface area contributed by atoms with Gasteiger partial charge in [0.2, 0.25) is 0 Å². The molecule has 2 nitrogen and oxygen atoms in total. The fraction of sp³-hybridized carbons (Fsp3) is 0.889. The van der Waals surface area contributed by atoms with Gasteiger partial charge in [-0.2, -0.15) is 0 Å². The Morgan fingerprint density at radius 3 is 2.33 bits per heavy atom. The number of hydrogen-bond donors (Lipinski definition) is 1. The summed E-state index contributed by atoms with van der Waals surface area (Å²) >= 11 is 5.95. The van der Waals surface area contributed by atoms with Crippen LogP contribution in [-0.4, -0.2) is 16.0 Å². The Bertz CT molecular complexity index is 171. The smallest absolute Gasteiger partial charge is 0.324 e. The van der Waals surface area contributed by atoms with Gasteiger partial charge in [-0.1, -0.05) is 19.3 Å². The lowest BCUT2D eigenvalue weighted by Crippen LogP contribution is -2.38. The lowest BCUT2D eigenvalue weighted by atomic mass is 9.80. The van der Waals surface area contributed by atoms with Crippen molar-refractivity contribution >= 4 is 17.6 Å². The van der Waals surface area contributed by atoms with Crippen LogP contribution < -0.4 is 0 Å². The average Bonchev–Trinajstić information content (AvgIpc) is 2.06. The van der Waals surface area contributed by atoms with Crippen molar-refractivity contribution in [3.05, 3.63) is 0 Å². The Morgan fingerprint density at radius 1 is 1.42 bits per heavy atom. The predicted molar refractivity (Wildman–Crippen MR) is 48.5 cm³/mol. The van der Waals surface area contributed by atoms with Gasteiger partial charge in [-0.15, -0.1) is 11.6 Å². The molecule has 0 radical (unpaired) electrons. The third-order valence-electron chi connectivity index (χ3n) is 2.79. The highest BCUT2D eigenvalue weighted by molar-refractivity contribution is 6.33. The van der Waals surface area contributed by atoms with E-state index in [1.54, 1.807) is 6.92 Å². The largest absolute Gasteiger partial charge is 0.480 e. The van der Waals surface area contributed by atoms with Crippen LogP contribution in [0.15, 0.2) is 0 Å². The van der Waals surface area contributed by atoms with E-state index in [2.05, 4.69) is 0 Å². The Balaban J connectivity index is 2.59. The third-order valence-corrected chi connectivity index (χ3v) is 3.26. The van der Waals surface area contributed by atoms with Crippen LogP contribution in [0.5, 0.6) is 0 Å². The highest BCUT2D eigenvalue weighted by Gasteiger charge is 2.39. The van der Waals surface area contributed by atoms with Crippen LogP contribution in [0.25, 0.3) is 0 Å². The molecule has 1 N–H and O–H groups in total. The van der Waals surface area contributed by atoms with Gasteiger partial charge in [0.25, 0.3) is 0 Å². The summed E-state index contributed by atoms with van der Waals surface area (Å²) in [7, 11) is 0. The number of alkyl halides is 1. The fourth-order valence-corrected chi connectivity index (χ4v) is 2.04. The molecule has 1 aliphatic rings. The number of hydrogen-bond acceptors (Lipinski definition) is 1. The minimum Gasteiger partial charge on any atom is -0.480 e.